The zero-order valence-electron chi connectivity index (χ0n) is 17.7. The third kappa shape index (κ3) is 4.25. The third-order valence-corrected chi connectivity index (χ3v) is 6.55. The summed E-state index contributed by atoms with van der Waals surface area (Å²) in [5, 5.41) is 15.0. The molecule has 3 atom stereocenters. The monoisotopic (exact) mass is 471 g/mol. The summed E-state index contributed by atoms with van der Waals surface area (Å²) >= 11 is 12.5. The van der Waals surface area contributed by atoms with Crippen LogP contribution >= 0.6 is 23.2 Å². The van der Waals surface area contributed by atoms with Crippen molar-refractivity contribution in [2.24, 2.45) is 12.5 Å². The van der Waals surface area contributed by atoms with Crippen LogP contribution in [0.2, 0.25) is 10.0 Å². The number of piperidine rings is 1. The van der Waals surface area contributed by atoms with Crippen molar-refractivity contribution in [1.29, 1.82) is 0 Å². The highest BCUT2D eigenvalue weighted by Crippen LogP contribution is 2.52. The molecule has 1 N–H and O–H groups in total. The fourth-order valence-electron chi connectivity index (χ4n) is 4.65. The molecule has 2 aromatic carbocycles. The van der Waals surface area contributed by atoms with E-state index in [1.54, 1.807) is 54.1 Å². The Morgan fingerprint density at radius 3 is 2.47 bits per heavy atom. The fraction of sp³-hybridized carbons (Fsp3) is 0.292. The van der Waals surface area contributed by atoms with Gasteiger partial charge in [0.25, 0.3) is 0 Å². The molecule has 4 rings (SSSR count). The van der Waals surface area contributed by atoms with Gasteiger partial charge in [0, 0.05) is 29.2 Å². The second-order valence-electron chi connectivity index (χ2n) is 8.54. The Balaban J connectivity index is 1.94. The quantitative estimate of drug-likeness (QED) is 0.535. The molecule has 0 unspecified atom stereocenters. The first-order valence-electron chi connectivity index (χ1n) is 10.2. The number of rotatable bonds is 5. The Morgan fingerprint density at radius 1 is 1.16 bits per heavy atom. The van der Waals surface area contributed by atoms with Gasteiger partial charge in [0.1, 0.15) is 0 Å². The van der Waals surface area contributed by atoms with Crippen molar-refractivity contribution in [2.45, 2.75) is 31.7 Å². The van der Waals surface area contributed by atoms with Crippen molar-refractivity contribution < 1.29 is 14.7 Å². The highest BCUT2D eigenvalue weighted by atomic mass is 35.5. The summed E-state index contributed by atoms with van der Waals surface area (Å²) in [6.45, 7) is 1.72. The fourth-order valence-corrected chi connectivity index (χ4v) is 4.98. The lowest BCUT2D eigenvalue weighted by molar-refractivity contribution is -0.145. The van der Waals surface area contributed by atoms with Gasteiger partial charge in [-0.3, -0.25) is 14.3 Å². The number of anilines is 1. The maximum absolute atomic E-state index is 13.9. The molecule has 1 aromatic heterocycles. The van der Waals surface area contributed by atoms with E-state index in [9.17, 15) is 14.7 Å². The predicted octanol–water partition coefficient (Wildman–Crippen LogP) is 5.47. The van der Waals surface area contributed by atoms with Crippen LogP contribution in [0, 0.1) is 5.41 Å². The lowest BCUT2D eigenvalue weighted by atomic mass is 9.67. The van der Waals surface area contributed by atoms with E-state index in [1.165, 1.54) is 0 Å². The summed E-state index contributed by atoms with van der Waals surface area (Å²) in [7, 11) is 1.78. The Bertz CT molecular complexity index is 1160. The number of amides is 1. The lowest BCUT2D eigenvalue weighted by Crippen LogP contribution is -2.52. The maximum Gasteiger partial charge on any atom is 0.304 e. The van der Waals surface area contributed by atoms with Crippen molar-refractivity contribution in [3.05, 3.63) is 82.1 Å². The zero-order valence-corrected chi connectivity index (χ0v) is 19.2. The highest BCUT2D eigenvalue weighted by molar-refractivity contribution is 6.30. The highest BCUT2D eigenvalue weighted by Gasteiger charge is 2.51. The van der Waals surface area contributed by atoms with E-state index < -0.39 is 11.4 Å². The van der Waals surface area contributed by atoms with Crippen LogP contribution in [0.5, 0.6) is 0 Å². The zero-order chi connectivity index (χ0) is 23.0. The average Bonchev–Trinajstić information content (AvgIpc) is 3.16. The molecule has 0 saturated carbocycles. The molecule has 1 fully saturated rings. The van der Waals surface area contributed by atoms with E-state index in [0.29, 0.717) is 22.2 Å². The molecule has 0 radical (unpaired) electrons. The van der Waals surface area contributed by atoms with Crippen LogP contribution in [-0.4, -0.2) is 26.8 Å². The molecule has 32 heavy (non-hydrogen) atoms. The van der Waals surface area contributed by atoms with E-state index in [4.69, 9.17) is 23.2 Å². The van der Waals surface area contributed by atoms with Crippen molar-refractivity contribution in [3.63, 3.8) is 0 Å². The van der Waals surface area contributed by atoms with E-state index in [-0.39, 0.29) is 24.3 Å². The first kappa shape index (κ1) is 22.4. The number of hydrogen-bond donors (Lipinski definition) is 1. The number of aryl methyl sites for hydroxylation is 1. The van der Waals surface area contributed by atoms with Gasteiger partial charge in [-0.05, 0) is 41.8 Å². The standard InChI is InChI=1S/C24H23Cl2N3O3/c1-24(12-21(30)31)11-20(16-4-3-5-18(26)10-16)22(15-6-8-17(25)9-7-15)29(23(24)32)19-13-27-28(2)14-19/h3-10,13-14,20,22H,11-12H2,1-2H3,(H,30,31)/t20-,22-,24+/m1/s1. The molecule has 1 amide bonds. The van der Waals surface area contributed by atoms with Crippen molar-refractivity contribution in [2.75, 3.05) is 4.90 Å². The van der Waals surface area contributed by atoms with E-state index >= 15 is 0 Å². The molecule has 166 valence electrons. The Hall–Kier alpha value is -2.83. The molecule has 3 aromatic rings. The molecular formula is C24H23Cl2N3O3. The minimum atomic E-state index is -1.10. The largest absolute Gasteiger partial charge is 0.481 e. The first-order valence-corrected chi connectivity index (χ1v) is 11.0. The summed E-state index contributed by atoms with van der Waals surface area (Å²) in [4.78, 5) is 27.3. The van der Waals surface area contributed by atoms with Crippen LogP contribution in [0.1, 0.15) is 42.9 Å². The van der Waals surface area contributed by atoms with Gasteiger partial charge < -0.3 is 10.0 Å². The van der Waals surface area contributed by atoms with E-state index in [2.05, 4.69) is 5.10 Å². The van der Waals surface area contributed by atoms with Gasteiger partial charge in [0.2, 0.25) is 5.91 Å². The van der Waals surface area contributed by atoms with Gasteiger partial charge in [-0.25, -0.2) is 0 Å². The predicted molar refractivity (Wildman–Crippen MR) is 124 cm³/mol. The third-order valence-electron chi connectivity index (χ3n) is 6.06. The molecule has 0 aliphatic carbocycles. The second kappa shape index (κ2) is 8.60. The van der Waals surface area contributed by atoms with Crippen molar-refractivity contribution in [1.82, 2.24) is 9.78 Å². The topological polar surface area (TPSA) is 75.4 Å². The van der Waals surface area contributed by atoms with Crippen molar-refractivity contribution >= 4 is 40.8 Å². The van der Waals surface area contributed by atoms with Crippen LogP contribution in [-0.2, 0) is 16.6 Å². The van der Waals surface area contributed by atoms with Gasteiger partial charge in [0.15, 0.2) is 0 Å². The normalized spacial score (nSPS) is 23.4. The average molecular weight is 472 g/mol. The smallest absolute Gasteiger partial charge is 0.304 e. The summed E-state index contributed by atoms with van der Waals surface area (Å²) < 4.78 is 1.62. The minimum absolute atomic E-state index is 0.197. The van der Waals surface area contributed by atoms with Gasteiger partial charge in [-0.15, -0.1) is 0 Å². The second-order valence-corrected chi connectivity index (χ2v) is 9.41. The summed E-state index contributed by atoms with van der Waals surface area (Å²) in [6, 6.07) is 14.5. The van der Waals surface area contributed by atoms with Gasteiger partial charge >= 0.3 is 5.97 Å². The Kier molecular flexibility index (Phi) is 6.01. The number of aromatic nitrogens is 2. The van der Waals surface area contributed by atoms with Crippen LogP contribution in [0.25, 0.3) is 0 Å². The van der Waals surface area contributed by atoms with Crippen LogP contribution in [0.4, 0.5) is 5.69 Å². The first-order chi connectivity index (χ1) is 15.2. The van der Waals surface area contributed by atoms with E-state index in [0.717, 1.165) is 11.1 Å². The SMILES string of the molecule is Cn1cc(N2C(=O)[C@](C)(CC(=O)O)C[C@H](c3cccc(Cl)c3)[C@H]2c2ccc(Cl)cc2)cn1. The summed E-state index contributed by atoms with van der Waals surface area (Å²) in [6.07, 6.45) is 3.49. The van der Waals surface area contributed by atoms with Crippen molar-refractivity contribution in [3.8, 4) is 0 Å². The Labute approximate surface area is 196 Å². The number of benzene rings is 2. The molecule has 1 aliphatic rings. The maximum atomic E-state index is 13.9. The number of carboxylic acids is 1. The van der Waals surface area contributed by atoms with Gasteiger partial charge in [0.05, 0.1) is 29.8 Å². The lowest BCUT2D eigenvalue weighted by Gasteiger charge is -2.48. The molecule has 8 heteroatoms. The molecule has 6 nitrogen and oxygen atoms in total. The molecule has 0 bridgehead atoms. The molecule has 1 saturated heterocycles. The number of nitrogens with zero attached hydrogens (tertiary/aromatic N) is 3. The van der Waals surface area contributed by atoms with Crippen LogP contribution in [0.15, 0.2) is 60.9 Å². The molecule has 0 spiro atoms. The minimum Gasteiger partial charge on any atom is -0.481 e. The molecular weight excluding hydrogens is 449 g/mol. The summed E-state index contributed by atoms with van der Waals surface area (Å²) in [5.41, 5.74) is 1.35. The summed E-state index contributed by atoms with van der Waals surface area (Å²) in [5.74, 6) is -1.45. The molecule has 1 aliphatic heterocycles. The number of hydrogen-bond acceptors (Lipinski definition) is 3. The Morgan fingerprint density at radius 2 is 1.88 bits per heavy atom. The number of halogens is 2. The number of carbonyl (C=O) groups is 2. The van der Waals surface area contributed by atoms with Crippen LogP contribution < -0.4 is 4.90 Å². The number of carboxylic acid groups (broad SMARTS) is 1. The van der Waals surface area contributed by atoms with Crippen LogP contribution in [0.3, 0.4) is 0 Å². The number of carbonyl (C=O) groups excluding carboxylic acids is 1. The van der Waals surface area contributed by atoms with E-state index in [1.807, 2.05) is 30.3 Å². The van der Waals surface area contributed by atoms with Gasteiger partial charge in [-0.1, -0.05) is 54.4 Å². The van der Waals surface area contributed by atoms with Gasteiger partial charge in [-0.2, -0.15) is 5.10 Å². The molecule has 2 heterocycles. The number of aliphatic carboxylic acids is 1.